The molecule has 1 aliphatic heterocycles. The van der Waals surface area contributed by atoms with E-state index >= 15 is 0 Å². The fraction of sp³-hybridized carbons (Fsp3) is 0.591. The van der Waals surface area contributed by atoms with Gasteiger partial charge >= 0.3 is 0 Å². The highest BCUT2D eigenvalue weighted by Crippen LogP contribution is 2.25. The number of nitro groups is 1. The number of nitrogens with one attached hydrogen (secondary N) is 1. The molecule has 0 aliphatic carbocycles. The van der Waals surface area contributed by atoms with Crippen LogP contribution in [0, 0.1) is 10.1 Å². The monoisotopic (exact) mass is 449 g/mol. The summed E-state index contributed by atoms with van der Waals surface area (Å²) in [6, 6.07) is 5.38. The van der Waals surface area contributed by atoms with E-state index in [9.17, 15) is 24.5 Å². The number of non-ortho nitro benzene ring substituents is 1. The van der Waals surface area contributed by atoms with E-state index in [1.54, 1.807) is 0 Å². The maximum absolute atomic E-state index is 12.5. The summed E-state index contributed by atoms with van der Waals surface area (Å²) >= 11 is 1.38. The molecule has 8 nitrogen and oxygen atoms in total. The van der Waals surface area contributed by atoms with Crippen molar-refractivity contribution >= 4 is 35.2 Å². The van der Waals surface area contributed by atoms with Crippen LogP contribution in [0.5, 0.6) is 0 Å². The number of nitro benzene ring substituents is 1. The van der Waals surface area contributed by atoms with Gasteiger partial charge in [-0.3, -0.25) is 29.4 Å². The Hall–Kier alpha value is -2.42. The number of likely N-dealkylation sites (tertiary alicyclic amines) is 1. The van der Waals surface area contributed by atoms with E-state index in [4.69, 9.17) is 0 Å². The molecule has 1 aliphatic rings. The van der Waals surface area contributed by atoms with Crippen molar-refractivity contribution < 1.29 is 19.3 Å². The van der Waals surface area contributed by atoms with Crippen LogP contribution in [0.3, 0.4) is 0 Å². The molecule has 3 amide bonds. The van der Waals surface area contributed by atoms with Gasteiger partial charge in [-0.05, 0) is 18.6 Å². The first-order valence-corrected chi connectivity index (χ1v) is 12.0. The van der Waals surface area contributed by atoms with Crippen molar-refractivity contribution in [2.45, 2.75) is 63.5 Å². The summed E-state index contributed by atoms with van der Waals surface area (Å²) in [5, 5.41) is 13.0. The molecule has 1 saturated heterocycles. The van der Waals surface area contributed by atoms with Crippen LogP contribution in [0.25, 0.3) is 0 Å². The number of hydrogen-bond donors (Lipinski definition) is 1. The molecule has 1 heterocycles. The van der Waals surface area contributed by atoms with Gasteiger partial charge in [0.2, 0.25) is 11.8 Å². The van der Waals surface area contributed by atoms with Crippen molar-refractivity contribution in [3.05, 3.63) is 39.9 Å². The normalized spacial score (nSPS) is 16.0. The van der Waals surface area contributed by atoms with Crippen molar-refractivity contribution in [3.8, 4) is 0 Å². The van der Waals surface area contributed by atoms with Crippen LogP contribution in [0.1, 0.15) is 68.6 Å². The first-order chi connectivity index (χ1) is 14.9. The average molecular weight is 450 g/mol. The number of hydrogen-bond acceptors (Lipinski definition) is 6. The number of amides is 3. The van der Waals surface area contributed by atoms with Gasteiger partial charge in [0.1, 0.15) is 0 Å². The third kappa shape index (κ3) is 7.97. The molecule has 1 fully saturated rings. The van der Waals surface area contributed by atoms with Crippen LogP contribution < -0.4 is 5.32 Å². The van der Waals surface area contributed by atoms with Crippen LogP contribution in [0.4, 0.5) is 5.69 Å². The Balaban J connectivity index is 1.64. The minimum atomic E-state index is -0.519. The first kappa shape index (κ1) is 24.8. The zero-order valence-electron chi connectivity index (χ0n) is 18.0. The summed E-state index contributed by atoms with van der Waals surface area (Å²) in [5.74, 6) is -0.0517. The van der Waals surface area contributed by atoms with Gasteiger partial charge in [-0.2, -0.15) is 0 Å². The van der Waals surface area contributed by atoms with Crippen LogP contribution >= 0.6 is 11.8 Å². The predicted molar refractivity (Wildman–Crippen MR) is 121 cm³/mol. The minimum absolute atomic E-state index is 0.0717. The van der Waals surface area contributed by atoms with E-state index in [1.165, 1.54) is 66.6 Å². The molecule has 1 N–H and O–H groups in total. The fourth-order valence-electron chi connectivity index (χ4n) is 3.45. The quantitative estimate of drug-likeness (QED) is 0.199. The van der Waals surface area contributed by atoms with Crippen LogP contribution in [-0.2, 0) is 9.59 Å². The smallest absolute Gasteiger partial charge is 0.269 e. The topological polar surface area (TPSA) is 110 Å². The molecule has 2 rings (SSSR count). The highest BCUT2D eigenvalue weighted by Gasteiger charge is 2.38. The number of thioether (sulfide) groups is 1. The number of carbonyl (C=O) groups is 3. The molecule has 0 bridgehead atoms. The highest BCUT2D eigenvalue weighted by molar-refractivity contribution is 8.00. The lowest BCUT2D eigenvalue weighted by atomic mass is 10.1. The predicted octanol–water partition coefficient (Wildman–Crippen LogP) is 3.94. The van der Waals surface area contributed by atoms with Crippen molar-refractivity contribution in [2.75, 3.05) is 18.8 Å². The van der Waals surface area contributed by atoms with Crippen LogP contribution in [0.2, 0.25) is 0 Å². The fourth-order valence-corrected chi connectivity index (χ4v) is 4.48. The SMILES string of the molecule is CCCCCCCCCN1C(=O)CC(SCCNC(=O)c2ccc([N+](=O)[O-])cc2)C1=O. The Morgan fingerprint density at radius 2 is 1.77 bits per heavy atom. The van der Waals surface area contributed by atoms with E-state index in [2.05, 4.69) is 12.2 Å². The summed E-state index contributed by atoms with van der Waals surface area (Å²) < 4.78 is 0. The molecule has 1 unspecified atom stereocenters. The maximum atomic E-state index is 12.5. The van der Waals surface area contributed by atoms with Crippen LogP contribution in [-0.4, -0.2) is 51.6 Å². The summed E-state index contributed by atoms with van der Waals surface area (Å²) in [5.41, 5.74) is 0.265. The Kier molecular flexibility index (Phi) is 10.5. The van der Waals surface area contributed by atoms with Crippen molar-refractivity contribution in [2.24, 2.45) is 0 Å². The van der Waals surface area contributed by atoms with Gasteiger partial charge in [0.05, 0.1) is 10.2 Å². The lowest BCUT2D eigenvalue weighted by Crippen LogP contribution is -2.32. The number of carbonyl (C=O) groups excluding carboxylic acids is 3. The molecule has 0 saturated carbocycles. The second-order valence-corrected chi connectivity index (χ2v) is 8.94. The molecular formula is C22H31N3O5S. The summed E-state index contributed by atoms with van der Waals surface area (Å²) in [6.07, 6.45) is 8.18. The lowest BCUT2D eigenvalue weighted by Gasteiger charge is -2.14. The largest absolute Gasteiger partial charge is 0.351 e. The van der Waals surface area contributed by atoms with E-state index in [-0.39, 0.29) is 35.1 Å². The molecule has 0 radical (unpaired) electrons. The van der Waals surface area contributed by atoms with Crippen molar-refractivity contribution in [3.63, 3.8) is 0 Å². The Morgan fingerprint density at radius 3 is 2.42 bits per heavy atom. The summed E-state index contributed by atoms with van der Waals surface area (Å²) in [4.78, 5) is 48.3. The number of imide groups is 1. The molecule has 31 heavy (non-hydrogen) atoms. The molecule has 1 aromatic rings. The van der Waals surface area contributed by atoms with Gasteiger partial charge in [0, 0.05) is 43.0 Å². The zero-order valence-corrected chi connectivity index (χ0v) is 18.8. The molecule has 1 atom stereocenters. The molecule has 1 aromatic carbocycles. The van der Waals surface area contributed by atoms with E-state index in [1.807, 2.05) is 0 Å². The zero-order chi connectivity index (χ0) is 22.6. The maximum Gasteiger partial charge on any atom is 0.269 e. The van der Waals surface area contributed by atoms with E-state index < -0.39 is 4.92 Å². The van der Waals surface area contributed by atoms with Gasteiger partial charge in [-0.1, -0.05) is 45.4 Å². The lowest BCUT2D eigenvalue weighted by molar-refractivity contribution is -0.384. The van der Waals surface area contributed by atoms with Crippen molar-refractivity contribution in [1.82, 2.24) is 10.2 Å². The molecule has 0 spiro atoms. The number of benzene rings is 1. The van der Waals surface area contributed by atoms with Crippen LogP contribution in [0.15, 0.2) is 24.3 Å². The summed E-state index contributed by atoms with van der Waals surface area (Å²) in [6.45, 7) is 3.03. The molecular weight excluding hydrogens is 418 g/mol. The number of unbranched alkanes of at least 4 members (excludes halogenated alkanes) is 6. The van der Waals surface area contributed by atoms with Crippen molar-refractivity contribution in [1.29, 1.82) is 0 Å². The highest BCUT2D eigenvalue weighted by atomic mass is 32.2. The number of nitrogens with zero attached hydrogens (tertiary/aromatic N) is 2. The van der Waals surface area contributed by atoms with Gasteiger partial charge in [-0.25, -0.2) is 0 Å². The number of rotatable bonds is 14. The molecule has 170 valence electrons. The van der Waals surface area contributed by atoms with Gasteiger partial charge in [0.25, 0.3) is 11.6 Å². The second-order valence-electron chi connectivity index (χ2n) is 7.63. The average Bonchev–Trinajstić information content (AvgIpc) is 3.03. The minimum Gasteiger partial charge on any atom is -0.351 e. The van der Waals surface area contributed by atoms with E-state index in [0.717, 1.165) is 19.3 Å². The Morgan fingerprint density at radius 1 is 1.13 bits per heavy atom. The van der Waals surface area contributed by atoms with Gasteiger partial charge in [0.15, 0.2) is 0 Å². The Bertz CT molecular complexity index is 769. The first-order valence-electron chi connectivity index (χ1n) is 10.9. The summed E-state index contributed by atoms with van der Waals surface area (Å²) in [7, 11) is 0. The van der Waals surface area contributed by atoms with E-state index in [0.29, 0.717) is 24.4 Å². The third-order valence-electron chi connectivity index (χ3n) is 5.23. The van der Waals surface area contributed by atoms with Gasteiger partial charge in [-0.15, -0.1) is 11.8 Å². The molecule has 9 heteroatoms. The second kappa shape index (κ2) is 13.1. The Labute approximate surface area is 187 Å². The standard InChI is InChI=1S/C22H31N3O5S/c1-2-3-4-5-6-7-8-14-24-20(26)16-19(22(24)28)31-15-13-23-21(27)17-9-11-18(12-10-17)25(29)30/h9-12,19H,2-8,13-16H2,1H3,(H,23,27). The van der Waals surface area contributed by atoms with Gasteiger partial charge < -0.3 is 5.32 Å². The third-order valence-corrected chi connectivity index (χ3v) is 6.45. The molecule has 0 aromatic heterocycles.